The summed E-state index contributed by atoms with van der Waals surface area (Å²) in [6, 6.07) is 1.96. The monoisotopic (exact) mass is 281 g/mol. The van der Waals surface area contributed by atoms with Crippen molar-refractivity contribution in [3.63, 3.8) is 0 Å². The van der Waals surface area contributed by atoms with Crippen molar-refractivity contribution in [3.8, 4) is 11.3 Å². The molecule has 2 aromatic heterocycles. The number of aliphatic hydroxyl groups excluding tert-OH is 1. The van der Waals surface area contributed by atoms with Crippen LogP contribution < -0.4 is 5.32 Å². The molecule has 0 aliphatic carbocycles. The Labute approximate surface area is 115 Å². The fraction of sp³-hybridized carbons (Fsp3) is 0.385. The van der Waals surface area contributed by atoms with Crippen LogP contribution in [0.3, 0.4) is 0 Å². The molecule has 2 aromatic rings. The molecule has 0 radical (unpaired) electrons. The van der Waals surface area contributed by atoms with Crippen molar-refractivity contribution in [1.29, 1.82) is 0 Å². The normalized spacial score (nSPS) is 12.4. The maximum absolute atomic E-state index is 13.7. The van der Waals surface area contributed by atoms with Crippen molar-refractivity contribution >= 4 is 17.3 Å². The highest BCUT2D eigenvalue weighted by Gasteiger charge is 2.11. The Morgan fingerprint density at radius 2 is 2.37 bits per heavy atom. The number of hydrogen-bond donors (Lipinski definition) is 2. The zero-order chi connectivity index (χ0) is 13.7. The van der Waals surface area contributed by atoms with Gasteiger partial charge in [0.25, 0.3) is 0 Å². The molecule has 2 heterocycles. The molecule has 19 heavy (non-hydrogen) atoms. The number of nitrogens with zero attached hydrogens (tertiary/aromatic N) is 2. The first-order chi connectivity index (χ1) is 9.20. The van der Waals surface area contributed by atoms with Gasteiger partial charge < -0.3 is 10.4 Å². The van der Waals surface area contributed by atoms with E-state index in [1.165, 1.54) is 17.5 Å². The predicted molar refractivity (Wildman–Crippen MR) is 74.7 cm³/mol. The zero-order valence-electron chi connectivity index (χ0n) is 10.6. The van der Waals surface area contributed by atoms with E-state index in [9.17, 15) is 4.39 Å². The van der Waals surface area contributed by atoms with Crippen LogP contribution in [0.2, 0.25) is 0 Å². The Morgan fingerprint density at radius 3 is 3.05 bits per heavy atom. The van der Waals surface area contributed by atoms with Crippen molar-refractivity contribution in [1.82, 2.24) is 9.97 Å². The number of anilines is 1. The molecule has 0 saturated carbocycles. The molecule has 0 saturated heterocycles. The molecule has 1 unspecified atom stereocenters. The fourth-order valence-corrected chi connectivity index (χ4v) is 2.37. The van der Waals surface area contributed by atoms with Crippen LogP contribution in [-0.2, 0) is 0 Å². The molecule has 0 amide bonds. The van der Waals surface area contributed by atoms with Crippen molar-refractivity contribution in [2.24, 2.45) is 0 Å². The second-order valence-corrected chi connectivity index (χ2v) is 5.09. The van der Waals surface area contributed by atoms with Gasteiger partial charge in [0.05, 0.1) is 6.20 Å². The molecule has 4 nitrogen and oxygen atoms in total. The van der Waals surface area contributed by atoms with E-state index in [1.54, 1.807) is 0 Å². The van der Waals surface area contributed by atoms with E-state index in [0.717, 1.165) is 12.0 Å². The Hall–Kier alpha value is -1.53. The van der Waals surface area contributed by atoms with Gasteiger partial charge in [-0.25, -0.2) is 14.4 Å². The SMILES string of the molecule is CC(CCCO)Nc1ncc(F)c(-c2ccsc2)n1. The molecule has 0 aliphatic rings. The third-order valence-corrected chi connectivity index (χ3v) is 3.39. The summed E-state index contributed by atoms with van der Waals surface area (Å²) in [5.74, 6) is -0.0139. The second-order valence-electron chi connectivity index (χ2n) is 4.31. The molecule has 0 aromatic carbocycles. The number of aromatic nitrogens is 2. The molecule has 6 heteroatoms. The topological polar surface area (TPSA) is 58.0 Å². The van der Waals surface area contributed by atoms with Crippen LogP contribution in [-0.4, -0.2) is 27.7 Å². The molecular formula is C13H16FN3OS. The standard InChI is InChI=1S/C13H16FN3OS/c1-9(3-2-5-18)16-13-15-7-11(14)12(17-13)10-4-6-19-8-10/h4,6-9,18H,2-3,5H2,1H3,(H,15,16,17). The van der Waals surface area contributed by atoms with Crippen LogP contribution in [0.4, 0.5) is 10.3 Å². The van der Waals surface area contributed by atoms with Crippen LogP contribution >= 0.6 is 11.3 Å². The van der Waals surface area contributed by atoms with E-state index >= 15 is 0 Å². The number of halogens is 1. The van der Waals surface area contributed by atoms with Gasteiger partial charge >= 0.3 is 0 Å². The molecule has 2 N–H and O–H groups in total. The minimum absolute atomic E-state index is 0.132. The summed E-state index contributed by atoms with van der Waals surface area (Å²) in [5.41, 5.74) is 1.07. The Kier molecular flexibility index (Phi) is 4.81. The highest BCUT2D eigenvalue weighted by atomic mass is 32.1. The number of thiophene rings is 1. The van der Waals surface area contributed by atoms with Gasteiger partial charge in [0, 0.05) is 23.6 Å². The van der Waals surface area contributed by atoms with Gasteiger partial charge in [0.1, 0.15) is 5.69 Å². The Balaban J connectivity index is 2.13. The van der Waals surface area contributed by atoms with Crippen molar-refractivity contribution in [2.75, 3.05) is 11.9 Å². The van der Waals surface area contributed by atoms with E-state index in [2.05, 4.69) is 15.3 Å². The van der Waals surface area contributed by atoms with E-state index in [4.69, 9.17) is 5.11 Å². The third kappa shape index (κ3) is 3.71. The minimum Gasteiger partial charge on any atom is -0.396 e. The average Bonchev–Trinajstić information content (AvgIpc) is 2.92. The maximum Gasteiger partial charge on any atom is 0.223 e. The summed E-state index contributed by atoms with van der Waals surface area (Å²) in [4.78, 5) is 8.15. The number of nitrogens with one attached hydrogen (secondary N) is 1. The number of rotatable bonds is 6. The van der Waals surface area contributed by atoms with Crippen LogP contribution in [0, 0.1) is 5.82 Å². The first-order valence-electron chi connectivity index (χ1n) is 6.13. The maximum atomic E-state index is 13.7. The third-order valence-electron chi connectivity index (χ3n) is 2.71. The first-order valence-corrected chi connectivity index (χ1v) is 7.07. The van der Waals surface area contributed by atoms with Gasteiger partial charge in [-0.05, 0) is 31.2 Å². The zero-order valence-corrected chi connectivity index (χ0v) is 11.5. The Bertz CT molecular complexity index is 519. The summed E-state index contributed by atoms with van der Waals surface area (Å²) in [5, 5.41) is 15.6. The quantitative estimate of drug-likeness (QED) is 0.854. The van der Waals surface area contributed by atoms with Gasteiger partial charge in [-0.2, -0.15) is 11.3 Å². The lowest BCUT2D eigenvalue weighted by Crippen LogP contribution is -2.17. The van der Waals surface area contributed by atoms with Crippen LogP contribution in [0.15, 0.2) is 23.0 Å². The lowest BCUT2D eigenvalue weighted by Gasteiger charge is -2.13. The summed E-state index contributed by atoms with van der Waals surface area (Å²) in [6.45, 7) is 2.14. The highest BCUT2D eigenvalue weighted by Crippen LogP contribution is 2.23. The Morgan fingerprint density at radius 1 is 1.53 bits per heavy atom. The fourth-order valence-electron chi connectivity index (χ4n) is 1.73. The smallest absolute Gasteiger partial charge is 0.223 e. The van der Waals surface area contributed by atoms with Crippen molar-refractivity contribution < 1.29 is 9.50 Å². The molecule has 102 valence electrons. The number of aliphatic hydroxyl groups is 1. The van der Waals surface area contributed by atoms with E-state index in [1.807, 2.05) is 23.8 Å². The summed E-state index contributed by atoms with van der Waals surface area (Å²) in [7, 11) is 0. The highest BCUT2D eigenvalue weighted by molar-refractivity contribution is 7.08. The lowest BCUT2D eigenvalue weighted by molar-refractivity contribution is 0.282. The van der Waals surface area contributed by atoms with Crippen molar-refractivity contribution in [3.05, 3.63) is 28.8 Å². The van der Waals surface area contributed by atoms with Gasteiger partial charge in [-0.3, -0.25) is 0 Å². The molecule has 0 bridgehead atoms. The van der Waals surface area contributed by atoms with Crippen LogP contribution in [0.1, 0.15) is 19.8 Å². The summed E-state index contributed by atoms with van der Waals surface area (Å²) >= 11 is 1.50. The van der Waals surface area contributed by atoms with Crippen LogP contribution in [0.5, 0.6) is 0 Å². The first kappa shape index (κ1) is 13.9. The predicted octanol–water partition coefficient (Wildman–Crippen LogP) is 2.92. The molecule has 0 aliphatic heterocycles. The van der Waals surface area contributed by atoms with Gasteiger partial charge in [0.15, 0.2) is 5.82 Å². The number of hydrogen-bond acceptors (Lipinski definition) is 5. The largest absolute Gasteiger partial charge is 0.396 e. The molecular weight excluding hydrogens is 265 g/mol. The molecule has 1 atom stereocenters. The van der Waals surface area contributed by atoms with Gasteiger partial charge in [-0.15, -0.1) is 0 Å². The minimum atomic E-state index is -0.424. The average molecular weight is 281 g/mol. The van der Waals surface area contributed by atoms with E-state index in [0.29, 0.717) is 18.1 Å². The van der Waals surface area contributed by atoms with Crippen molar-refractivity contribution in [2.45, 2.75) is 25.8 Å². The van der Waals surface area contributed by atoms with Crippen LogP contribution in [0.25, 0.3) is 11.3 Å². The van der Waals surface area contributed by atoms with Gasteiger partial charge in [-0.1, -0.05) is 0 Å². The summed E-state index contributed by atoms with van der Waals surface area (Å²) < 4.78 is 13.7. The molecule has 2 rings (SSSR count). The van der Waals surface area contributed by atoms with Gasteiger partial charge in [0.2, 0.25) is 5.95 Å². The lowest BCUT2D eigenvalue weighted by atomic mass is 10.2. The molecule has 0 spiro atoms. The summed E-state index contributed by atoms with van der Waals surface area (Å²) in [6.07, 6.45) is 2.71. The second kappa shape index (κ2) is 6.58. The van der Waals surface area contributed by atoms with E-state index in [-0.39, 0.29) is 12.6 Å². The van der Waals surface area contributed by atoms with E-state index < -0.39 is 5.82 Å². The molecule has 0 fully saturated rings.